The molecule has 7 nitrogen and oxygen atoms in total. The van der Waals surface area contributed by atoms with Gasteiger partial charge in [-0.15, -0.1) is 0 Å². The zero-order valence-corrected chi connectivity index (χ0v) is 13.0. The molecule has 0 spiro atoms. The molecule has 21 heavy (non-hydrogen) atoms. The van der Waals surface area contributed by atoms with Crippen LogP contribution in [0.2, 0.25) is 0 Å². The highest BCUT2D eigenvalue weighted by molar-refractivity contribution is 5.74. The molecule has 0 aliphatic carbocycles. The highest BCUT2D eigenvalue weighted by Crippen LogP contribution is 2.22. The molecule has 3 N–H and O–H groups in total. The second-order valence-electron chi connectivity index (χ2n) is 6.80. The minimum absolute atomic E-state index is 0.0473. The van der Waals surface area contributed by atoms with Crippen LogP contribution in [0.4, 0.5) is 4.79 Å². The first-order valence-corrected chi connectivity index (χ1v) is 7.44. The van der Waals surface area contributed by atoms with E-state index in [-0.39, 0.29) is 30.1 Å². The Labute approximate surface area is 125 Å². The van der Waals surface area contributed by atoms with E-state index in [0.29, 0.717) is 0 Å². The molecule has 2 heterocycles. The lowest BCUT2D eigenvalue weighted by Gasteiger charge is -2.27. The third-order valence-electron chi connectivity index (χ3n) is 3.54. The number of hydrogen-bond donors (Lipinski definition) is 3. The van der Waals surface area contributed by atoms with Gasteiger partial charge in [-0.25, -0.2) is 14.5 Å². The maximum atomic E-state index is 12.1. The Morgan fingerprint density at radius 2 is 2.33 bits per heavy atom. The highest BCUT2D eigenvalue weighted by atomic mass is 16.3. The predicted octanol–water partition coefficient (Wildman–Crippen LogP) is 1.21. The number of aromatic nitrogens is 3. The molecule has 2 unspecified atom stereocenters. The minimum Gasteiger partial charge on any atom is -0.394 e. The molecule has 118 valence electrons. The molecular formula is C14H25N5O2. The molecule has 0 saturated heterocycles. The number of carbonyl (C=O) groups excluding carboxylic acids is 1. The third-order valence-corrected chi connectivity index (χ3v) is 3.54. The minimum atomic E-state index is -0.264. The van der Waals surface area contributed by atoms with Crippen LogP contribution in [0.1, 0.15) is 51.9 Å². The summed E-state index contributed by atoms with van der Waals surface area (Å²) in [6.45, 7) is 7.03. The van der Waals surface area contributed by atoms with Gasteiger partial charge in [-0.1, -0.05) is 20.8 Å². The summed E-state index contributed by atoms with van der Waals surface area (Å²) in [5, 5.41) is 19.3. The number of urea groups is 1. The van der Waals surface area contributed by atoms with Gasteiger partial charge in [0.15, 0.2) is 0 Å². The number of carbonyl (C=O) groups is 1. The highest BCUT2D eigenvalue weighted by Gasteiger charge is 2.25. The van der Waals surface area contributed by atoms with Crippen LogP contribution in [0.5, 0.6) is 0 Å². The number of nitrogens with zero attached hydrogens (tertiary/aromatic N) is 3. The summed E-state index contributed by atoms with van der Waals surface area (Å²) in [5.74, 6) is 0.799. The number of hydrogen-bond acceptors (Lipinski definition) is 4. The Morgan fingerprint density at radius 1 is 1.57 bits per heavy atom. The van der Waals surface area contributed by atoms with Gasteiger partial charge in [0.05, 0.1) is 18.7 Å². The van der Waals surface area contributed by atoms with E-state index in [4.69, 9.17) is 0 Å². The van der Waals surface area contributed by atoms with Crippen LogP contribution in [-0.2, 0) is 6.54 Å². The van der Waals surface area contributed by atoms with E-state index >= 15 is 0 Å². The molecule has 1 aliphatic heterocycles. The molecule has 0 saturated carbocycles. The largest absolute Gasteiger partial charge is 0.394 e. The van der Waals surface area contributed by atoms with Gasteiger partial charge < -0.3 is 15.7 Å². The standard InChI is InChI=1S/C14H25N5O2/c1-14(2,3)7-10(8-20)17-13(21)18-11-5-4-6-19-12(11)15-9-16-19/h9-11,20H,4-8H2,1-3H3,(H2,17,18,21). The van der Waals surface area contributed by atoms with E-state index in [2.05, 4.69) is 41.5 Å². The van der Waals surface area contributed by atoms with Crippen LogP contribution in [0.3, 0.4) is 0 Å². The molecule has 0 bridgehead atoms. The number of aliphatic hydroxyl groups excluding tert-OH is 1. The van der Waals surface area contributed by atoms with Crippen molar-refractivity contribution in [3.8, 4) is 0 Å². The number of aliphatic hydroxyl groups is 1. The van der Waals surface area contributed by atoms with E-state index in [0.717, 1.165) is 31.6 Å². The summed E-state index contributed by atoms with van der Waals surface area (Å²) in [5.41, 5.74) is 0.0473. The fraction of sp³-hybridized carbons (Fsp3) is 0.786. The van der Waals surface area contributed by atoms with Crippen molar-refractivity contribution >= 4 is 6.03 Å². The Bertz CT molecular complexity index is 480. The lowest BCUT2D eigenvalue weighted by Crippen LogP contribution is -2.47. The van der Waals surface area contributed by atoms with Crippen LogP contribution in [0.25, 0.3) is 0 Å². The van der Waals surface area contributed by atoms with Gasteiger partial charge in [-0.3, -0.25) is 0 Å². The van der Waals surface area contributed by atoms with E-state index in [1.807, 2.05) is 4.68 Å². The fourth-order valence-electron chi connectivity index (χ4n) is 2.71. The van der Waals surface area contributed by atoms with E-state index in [1.54, 1.807) is 0 Å². The Kier molecular flexibility index (Phi) is 4.82. The average molecular weight is 295 g/mol. The molecule has 2 rings (SSSR count). The molecule has 2 amide bonds. The van der Waals surface area contributed by atoms with Crippen molar-refractivity contribution in [2.75, 3.05) is 6.61 Å². The van der Waals surface area contributed by atoms with Gasteiger partial charge in [0.1, 0.15) is 12.2 Å². The molecule has 0 aromatic carbocycles. The van der Waals surface area contributed by atoms with Crippen LogP contribution in [0, 0.1) is 5.41 Å². The SMILES string of the molecule is CC(C)(C)CC(CO)NC(=O)NC1CCCn2ncnc21. The van der Waals surface area contributed by atoms with Crippen molar-refractivity contribution in [3.63, 3.8) is 0 Å². The summed E-state index contributed by atoms with van der Waals surface area (Å²) in [7, 11) is 0. The van der Waals surface area contributed by atoms with Gasteiger partial charge >= 0.3 is 6.03 Å². The quantitative estimate of drug-likeness (QED) is 0.778. The maximum Gasteiger partial charge on any atom is 0.315 e. The smallest absolute Gasteiger partial charge is 0.315 e. The van der Waals surface area contributed by atoms with Crippen LogP contribution < -0.4 is 10.6 Å². The predicted molar refractivity (Wildman–Crippen MR) is 78.6 cm³/mol. The second-order valence-corrected chi connectivity index (χ2v) is 6.80. The monoisotopic (exact) mass is 295 g/mol. The van der Waals surface area contributed by atoms with Gasteiger partial charge in [0.2, 0.25) is 0 Å². The molecule has 1 aliphatic rings. The topological polar surface area (TPSA) is 92.1 Å². The maximum absolute atomic E-state index is 12.1. The Hall–Kier alpha value is -1.63. The van der Waals surface area contributed by atoms with Crippen LogP contribution in [-0.4, -0.2) is 38.6 Å². The van der Waals surface area contributed by atoms with E-state index < -0.39 is 0 Å². The van der Waals surface area contributed by atoms with Crippen molar-refractivity contribution in [3.05, 3.63) is 12.2 Å². The van der Waals surface area contributed by atoms with Gasteiger partial charge in [0.25, 0.3) is 0 Å². The first-order valence-electron chi connectivity index (χ1n) is 7.44. The molecule has 7 heteroatoms. The molecule has 1 aromatic rings. The van der Waals surface area contributed by atoms with E-state index in [1.165, 1.54) is 6.33 Å². The van der Waals surface area contributed by atoms with Crippen molar-refractivity contribution in [2.24, 2.45) is 5.41 Å². The first kappa shape index (κ1) is 15.8. The zero-order chi connectivity index (χ0) is 15.5. The van der Waals surface area contributed by atoms with Gasteiger partial charge in [-0.2, -0.15) is 5.10 Å². The molecule has 0 radical (unpaired) electrons. The Morgan fingerprint density at radius 3 is 3.00 bits per heavy atom. The molecular weight excluding hydrogens is 270 g/mol. The lowest BCUT2D eigenvalue weighted by atomic mass is 9.88. The summed E-state index contributed by atoms with van der Waals surface area (Å²) < 4.78 is 1.83. The number of rotatable bonds is 4. The summed E-state index contributed by atoms with van der Waals surface area (Å²) >= 11 is 0. The number of aryl methyl sites for hydroxylation is 1. The molecule has 0 fully saturated rings. The first-order chi connectivity index (χ1) is 9.89. The van der Waals surface area contributed by atoms with Crippen molar-refractivity contribution < 1.29 is 9.90 Å². The number of fused-ring (bicyclic) bond motifs is 1. The fourth-order valence-corrected chi connectivity index (χ4v) is 2.71. The van der Waals surface area contributed by atoms with Crippen LogP contribution >= 0.6 is 0 Å². The van der Waals surface area contributed by atoms with Crippen molar-refractivity contribution in [1.29, 1.82) is 0 Å². The molecule has 1 aromatic heterocycles. The second kappa shape index (κ2) is 6.43. The third kappa shape index (κ3) is 4.42. The zero-order valence-electron chi connectivity index (χ0n) is 13.0. The normalized spacial score (nSPS) is 19.7. The van der Waals surface area contributed by atoms with Crippen molar-refractivity contribution in [1.82, 2.24) is 25.4 Å². The van der Waals surface area contributed by atoms with Crippen LogP contribution in [0.15, 0.2) is 6.33 Å². The summed E-state index contributed by atoms with van der Waals surface area (Å²) in [4.78, 5) is 16.3. The van der Waals surface area contributed by atoms with Gasteiger partial charge in [-0.05, 0) is 24.7 Å². The Balaban J connectivity index is 1.90. The lowest BCUT2D eigenvalue weighted by molar-refractivity contribution is 0.188. The summed E-state index contributed by atoms with van der Waals surface area (Å²) in [6, 6.07) is -0.624. The average Bonchev–Trinajstić information content (AvgIpc) is 2.85. The number of nitrogens with one attached hydrogen (secondary N) is 2. The van der Waals surface area contributed by atoms with Crippen molar-refractivity contribution in [2.45, 2.75) is 58.7 Å². The number of amides is 2. The van der Waals surface area contributed by atoms with Gasteiger partial charge in [0, 0.05) is 6.54 Å². The molecule has 2 atom stereocenters. The summed E-state index contributed by atoms with van der Waals surface area (Å²) in [6.07, 6.45) is 4.06. The van der Waals surface area contributed by atoms with E-state index in [9.17, 15) is 9.90 Å².